The van der Waals surface area contributed by atoms with Gasteiger partial charge in [-0.1, -0.05) is 23.8 Å². The summed E-state index contributed by atoms with van der Waals surface area (Å²) >= 11 is 0. The van der Waals surface area contributed by atoms with Gasteiger partial charge in [0.05, 0.1) is 32.9 Å². The van der Waals surface area contributed by atoms with Crippen molar-refractivity contribution in [2.24, 2.45) is 0 Å². The van der Waals surface area contributed by atoms with Gasteiger partial charge in [0.25, 0.3) is 0 Å². The lowest BCUT2D eigenvalue weighted by Crippen LogP contribution is -2.48. The number of aromatic nitrogens is 4. The monoisotopic (exact) mass is 436 g/mol. The first kappa shape index (κ1) is 21.8. The Balaban J connectivity index is 1.33. The summed E-state index contributed by atoms with van der Waals surface area (Å²) in [6, 6.07) is 13.7. The Bertz CT molecular complexity index is 1060. The van der Waals surface area contributed by atoms with Crippen molar-refractivity contribution in [1.29, 1.82) is 0 Å². The van der Waals surface area contributed by atoms with Crippen LogP contribution in [-0.2, 0) is 17.8 Å². The van der Waals surface area contributed by atoms with Crippen molar-refractivity contribution in [3.63, 3.8) is 0 Å². The second kappa shape index (κ2) is 9.78. The van der Waals surface area contributed by atoms with Crippen molar-refractivity contribution < 1.29 is 14.3 Å². The Hall–Kier alpha value is -3.46. The van der Waals surface area contributed by atoms with Crippen LogP contribution < -0.4 is 9.47 Å². The van der Waals surface area contributed by atoms with E-state index in [2.05, 4.69) is 27.3 Å². The number of hydrogen-bond donors (Lipinski definition) is 0. The zero-order valence-corrected chi connectivity index (χ0v) is 18.7. The van der Waals surface area contributed by atoms with Crippen molar-refractivity contribution in [1.82, 2.24) is 30.0 Å². The average molecular weight is 437 g/mol. The molecule has 0 bridgehead atoms. The summed E-state index contributed by atoms with van der Waals surface area (Å²) in [6.45, 7) is 5.60. The zero-order valence-electron chi connectivity index (χ0n) is 18.7. The number of hydrogen-bond acceptors (Lipinski definition) is 7. The number of ether oxygens (including phenoxy) is 2. The number of methoxy groups -OCH3 is 2. The fourth-order valence-corrected chi connectivity index (χ4v) is 3.82. The number of nitrogens with zero attached hydrogens (tertiary/aromatic N) is 6. The number of tetrazole rings is 1. The highest BCUT2D eigenvalue weighted by Gasteiger charge is 2.23. The maximum atomic E-state index is 12.8. The predicted octanol–water partition coefficient (Wildman–Crippen LogP) is 1.87. The normalized spacial score (nSPS) is 14.4. The SMILES string of the molecule is COc1ccc(CC(=O)N2CCN(Cc3nnnn3-c3ccc(C)cc3)CC2)cc1OC. The lowest BCUT2D eigenvalue weighted by Gasteiger charge is -2.34. The van der Waals surface area contributed by atoms with Gasteiger partial charge in [-0.2, -0.15) is 4.68 Å². The highest BCUT2D eigenvalue weighted by Crippen LogP contribution is 2.28. The molecule has 4 rings (SSSR count). The molecule has 2 aromatic carbocycles. The molecular formula is C23H28N6O3. The topological polar surface area (TPSA) is 85.6 Å². The number of rotatable bonds is 7. The minimum Gasteiger partial charge on any atom is -0.493 e. The van der Waals surface area contributed by atoms with Gasteiger partial charge in [-0.3, -0.25) is 9.69 Å². The molecule has 2 heterocycles. The first-order chi connectivity index (χ1) is 15.6. The Labute approximate surface area is 187 Å². The van der Waals surface area contributed by atoms with E-state index in [1.54, 1.807) is 18.9 Å². The van der Waals surface area contributed by atoms with Gasteiger partial charge in [0, 0.05) is 26.2 Å². The maximum Gasteiger partial charge on any atom is 0.227 e. The van der Waals surface area contributed by atoms with Crippen LogP contribution in [0.15, 0.2) is 42.5 Å². The van der Waals surface area contributed by atoms with E-state index in [1.165, 1.54) is 5.56 Å². The average Bonchev–Trinajstić information content (AvgIpc) is 3.28. The molecule has 0 radical (unpaired) electrons. The molecule has 1 aliphatic heterocycles. The Kier molecular flexibility index (Phi) is 6.65. The fraction of sp³-hybridized carbons (Fsp3) is 0.391. The van der Waals surface area contributed by atoms with Crippen LogP contribution in [-0.4, -0.2) is 76.3 Å². The number of piperazine rings is 1. The fourth-order valence-electron chi connectivity index (χ4n) is 3.82. The molecule has 1 saturated heterocycles. The van der Waals surface area contributed by atoms with Crippen LogP contribution in [0.5, 0.6) is 11.5 Å². The van der Waals surface area contributed by atoms with E-state index in [4.69, 9.17) is 9.47 Å². The molecule has 32 heavy (non-hydrogen) atoms. The molecule has 0 spiro atoms. The van der Waals surface area contributed by atoms with Crippen LogP contribution >= 0.6 is 0 Å². The third-order valence-electron chi connectivity index (χ3n) is 5.71. The van der Waals surface area contributed by atoms with Crippen LogP contribution in [0.25, 0.3) is 5.69 Å². The summed E-state index contributed by atoms with van der Waals surface area (Å²) in [7, 11) is 3.19. The molecule has 0 atom stereocenters. The van der Waals surface area contributed by atoms with E-state index in [1.807, 2.05) is 47.4 Å². The van der Waals surface area contributed by atoms with Crippen LogP contribution in [0.2, 0.25) is 0 Å². The summed E-state index contributed by atoms with van der Waals surface area (Å²) in [5, 5.41) is 12.2. The maximum absolute atomic E-state index is 12.8. The third-order valence-corrected chi connectivity index (χ3v) is 5.71. The second-order valence-electron chi connectivity index (χ2n) is 7.87. The lowest BCUT2D eigenvalue weighted by atomic mass is 10.1. The molecule has 1 fully saturated rings. The summed E-state index contributed by atoms with van der Waals surface area (Å²) in [6.07, 6.45) is 0.339. The Morgan fingerprint density at radius 2 is 1.69 bits per heavy atom. The smallest absolute Gasteiger partial charge is 0.227 e. The van der Waals surface area contributed by atoms with Gasteiger partial charge in [0.15, 0.2) is 17.3 Å². The van der Waals surface area contributed by atoms with Crippen LogP contribution in [0, 0.1) is 6.92 Å². The van der Waals surface area contributed by atoms with Crippen molar-refractivity contribution in [3.05, 3.63) is 59.4 Å². The number of carbonyl (C=O) groups excluding carboxylic acids is 1. The highest BCUT2D eigenvalue weighted by atomic mass is 16.5. The number of carbonyl (C=O) groups is 1. The summed E-state index contributed by atoms with van der Waals surface area (Å²) in [4.78, 5) is 17.0. The van der Waals surface area contributed by atoms with Gasteiger partial charge in [0.1, 0.15) is 0 Å². The van der Waals surface area contributed by atoms with Gasteiger partial charge in [0.2, 0.25) is 5.91 Å². The molecule has 3 aromatic rings. The second-order valence-corrected chi connectivity index (χ2v) is 7.87. The van der Waals surface area contributed by atoms with Gasteiger partial charge < -0.3 is 14.4 Å². The van der Waals surface area contributed by atoms with E-state index < -0.39 is 0 Å². The van der Waals surface area contributed by atoms with E-state index >= 15 is 0 Å². The number of amides is 1. The molecule has 0 unspecified atom stereocenters. The molecule has 1 aromatic heterocycles. The molecule has 0 saturated carbocycles. The molecule has 168 valence electrons. The molecule has 1 aliphatic rings. The summed E-state index contributed by atoms with van der Waals surface area (Å²) in [5.74, 6) is 2.19. The van der Waals surface area contributed by atoms with Crippen LogP contribution in [0.1, 0.15) is 17.0 Å². The molecule has 0 aliphatic carbocycles. The van der Waals surface area contributed by atoms with Crippen LogP contribution in [0.3, 0.4) is 0 Å². The number of benzene rings is 2. The molecular weight excluding hydrogens is 408 g/mol. The minimum absolute atomic E-state index is 0.112. The largest absolute Gasteiger partial charge is 0.493 e. The van der Waals surface area contributed by atoms with Gasteiger partial charge >= 0.3 is 0 Å². The van der Waals surface area contributed by atoms with E-state index in [0.29, 0.717) is 37.6 Å². The highest BCUT2D eigenvalue weighted by molar-refractivity contribution is 5.79. The third kappa shape index (κ3) is 4.88. The zero-order chi connectivity index (χ0) is 22.5. The lowest BCUT2D eigenvalue weighted by molar-refractivity contribution is -0.132. The summed E-state index contributed by atoms with van der Waals surface area (Å²) < 4.78 is 12.4. The van der Waals surface area contributed by atoms with Crippen molar-refractivity contribution in [2.45, 2.75) is 19.9 Å². The molecule has 0 N–H and O–H groups in total. The van der Waals surface area contributed by atoms with Gasteiger partial charge in [-0.25, -0.2) is 0 Å². The Morgan fingerprint density at radius 3 is 2.38 bits per heavy atom. The standard InChI is InChI=1S/C23H28N6O3/c1-17-4-7-19(8-5-17)29-22(24-25-26-29)16-27-10-12-28(13-11-27)23(30)15-18-6-9-20(31-2)21(14-18)32-3/h4-9,14H,10-13,15-16H2,1-3H3. The first-order valence-electron chi connectivity index (χ1n) is 10.6. The minimum atomic E-state index is 0.112. The van der Waals surface area contributed by atoms with E-state index in [-0.39, 0.29) is 5.91 Å². The first-order valence-corrected chi connectivity index (χ1v) is 10.6. The van der Waals surface area contributed by atoms with Crippen LogP contribution in [0.4, 0.5) is 0 Å². The van der Waals surface area contributed by atoms with E-state index in [9.17, 15) is 4.79 Å². The van der Waals surface area contributed by atoms with Gasteiger partial charge in [-0.05, 0) is 47.2 Å². The molecule has 9 heteroatoms. The molecule has 9 nitrogen and oxygen atoms in total. The Morgan fingerprint density at radius 1 is 0.969 bits per heavy atom. The summed E-state index contributed by atoms with van der Waals surface area (Å²) in [5.41, 5.74) is 3.05. The molecule has 1 amide bonds. The van der Waals surface area contributed by atoms with Gasteiger partial charge in [-0.15, -0.1) is 5.10 Å². The van der Waals surface area contributed by atoms with Crippen molar-refractivity contribution in [3.8, 4) is 17.2 Å². The van der Waals surface area contributed by atoms with Crippen molar-refractivity contribution >= 4 is 5.91 Å². The quantitative estimate of drug-likeness (QED) is 0.559. The predicted molar refractivity (Wildman–Crippen MR) is 119 cm³/mol. The van der Waals surface area contributed by atoms with Crippen molar-refractivity contribution in [2.75, 3.05) is 40.4 Å². The number of aryl methyl sites for hydroxylation is 1. The van der Waals surface area contributed by atoms with E-state index in [0.717, 1.165) is 30.2 Å².